The Morgan fingerprint density at radius 1 is 1.19 bits per heavy atom. The van der Waals surface area contributed by atoms with Gasteiger partial charge < -0.3 is 5.32 Å². The van der Waals surface area contributed by atoms with Crippen LogP contribution in [0.15, 0.2) is 27.1 Å². The second-order valence-electron chi connectivity index (χ2n) is 5.24. The standard InChI is InChI=1S/C16H19Br2N3/c1-5-19-16-13(18)14(9(2)3)20-15(21-16)11-6-7-12(17)10(4)8-11/h6-9H,5H2,1-4H3,(H,19,20,21). The van der Waals surface area contributed by atoms with Crippen molar-refractivity contribution in [1.82, 2.24) is 9.97 Å². The first-order valence-corrected chi connectivity index (χ1v) is 8.60. The number of nitrogens with zero attached hydrogens (tertiary/aromatic N) is 2. The van der Waals surface area contributed by atoms with Crippen molar-refractivity contribution in [1.29, 1.82) is 0 Å². The van der Waals surface area contributed by atoms with Crippen LogP contribution in [0.3, 0.4) is 0 Å². The minimum absolute atomic E-state index is 0.329. The molecule has 0 bridgehead atoms. The van der Waals surface area contributed by atoms with Crippen LogP contribution in [0.2, 0.25) is 0 Å². The van der Waals surface area contributed by atoms with Gasteiger partial charge in [-0.3, -0.25) is 0 Å². The van der Waals surface area contributed by atoms with Crippen molar-refractivity contribution in [2.75, 3.05) is 11.9 Å². The molecular formula is C16H19Br2N3. The lowest BCUT2D eigenvalue weighted by atomic mass is 10.1. The Balaban J connectivity index is 2.59. The fraction of sp³-hybridized carbons (Fsp3) is 0.375. The summed E-state index contributed by atoms with van der Waals surface area (Å²) < 4.78 is 2.05. The van der Waals surface area contributed by atoms with Crippen molar-refractivity contribution in [2.24, 2.45) is 0 Å². The molecule has 0 saturated heterocycles. The van der Waals surface area contributed by atoms with Gasteiger partial charge in [-0.2, -0.15) is 0 Å². The van der Waals surface area contributed by atoms with E-state index in [9.17, 15) is 0 Å². The third-order valence-electron chi connectivity index (χ3n) is 3.18. The van der Waals surface area contributed by atoms with Crippen LogP contribution < -0.4 is 5.32 Å². The molecule has 2 aromatic rings. The molecular weight excluding hydrogens is 394 g/mol. The molecule has 1 heterocycles. The Hall–Kier alpha value is -0.940. The highest BCUT2D eigenvalue weighted by molar-refractivity contribution is 9.11. The van der Waals surface area contributed by atoms with E-state index in [0.29, 0.717) is 5.92 Å². The minimum atomic E-state index is 0.329. The van der Waals surface area contributed by atoms with Gasteiger partial charge in [0, 0.05) is 16.6 Å². The number of anilines is 1. The fourth-order valence-corrected chi connectivity index (χ4v) is 3.07. The van der Waals surface area contributed by atoms with E-state index in [4.69, 9.17) is 4.98 Å². The molecule has 0 aliphatic carbocycles. The first-order valence-electron chi connectivity index (χ1n) is 7.01. The van der Waals surface area contributed by atoms with Crippen LogP contribution in [0.1, 0.15) is 37.9 Å². The molecule has 2 rings (SSSR count). The highest BCUT2D eigenvalue weighted by Gasteiger charge is 2.15. The van der Waals surface area contributed by atoms with E-state index in [-0.39, 0.29) is 0 Å². The molecule has 0 spiro atoms. The summed E-state index contributed by atoms with van der Waals surface area (Å²) in [6, 6.07) is 6.19. The molecule has 5 heteroatoms. The monoisotopic (exact) mass is 411 g/mol. The van der Waals surface area contributed by atoms with Crippen LogP contribution in [-0.4, -0.2) is 16.5 Å². The summed E-state index contributed by atoms with van der Waals surface area (Å²) in [7, 11) is 0. The molecule has 0 unspecified atom stereocenters. The smallest absolute Gasteiger partial charge is 0.161 e. The quantitative estimate of drug-likeness (QED) is 0.716. The molecule has 0 atom stereocenters. The maximum Gasteiger partial charge on any atom is 0.161 e. The number of aryl methyl sites for hydroxylation is 1. The van der Waals surface area contributed by atoms with Gasteiger partial charge in [0.2, 0.25) is 0 Å². The van der Waals surface area contributed by atoms with E-state index in [1.807, 2.05) is 12.1 Å². The molecule has 112 valence electrons. The van der Waals surface area contributed by atoms with Gasteiger partial charge in [0.25, 0.3) is 0 Å². The van der Waals surface area contributed by atoms with E-state index < -0.39 is 0 Å². The SMILES string of the molecule is CCNc1nc(-c2ccc(Br)c(C)c2)nc(C(C)C)c1Br. The van der Waals surface area contributed by atoms with Gasteiger partial charge in [0.1, 0.15) is 5.82 Å². The summed E-state index contributed by atoms with van der Waals surface area (Å²) in [4.78, 5) is 9.40. The summed E-state index contributed by atoms with van der Waals surface area (Å²) in [6.45, 7) is 9.23. The average molecular weight is 413 g/mol. The first-order chi connectivity index (χ1) is 9.93. The third-order valence-corrected chi connectivity index (χ3v) is 4.86. The molecule has 0 radical (unpaired) electrons. The van der Waals surface area contributed by atoms with Gasteiger partial charge in [-0.25, -0.2) is 9.97 Å². The Morgan fingerprint density at radius 3 is 2.48 bits per heavy atom. The maximum absolute atomic E-state index is 4.74. The maximum atomic E-state index is 4.74. The highest BCUT2D eigenvalue weighted by Crippen LogP contribution is 2.32. The second kappa shape index (κ2) is 6.88. The van der Waals surface area contributed by atoms with E-state index in [1.165, 1.54) is 5.56 Å². The number of benzene rings is 1. The van der Waals surface area contributed by atoms with Crippen LogP contribution in [-0.2, 0) is 0 Å². The fourth-order valence-electron chi connectivity index (χ4n) is 2.04. The molecule has 0 aliphatic rings. The average Bonchev–Trinajstić information content (AvgIpc) is 2.44. The molecule has 1 aromatic carbocycles. The zero-order chi connectivity index (χ0) is 15.6. The largest absolute Gasteiger partial charge is 0.369 e. The molecule has 3 nitrogen and oxygen atoms in total. The summed E-state index contributed by atoms with van der Waals surface area (Å²) in [5.41, 5.74) is 3.23. The third kappa shape index (κ3) is 3.64. The Bertz CT molecular complexity index is 654. The number of hydrogen-bond donors (Lipinski definition) is 1. The molecule has 1 aromatic heterocycles. The van der Waals surface area contributed by atoms with Crippen molar-refractivity contribution < 1.29 is 0 Å². The first kappa shape index (κ1) is 16.4. The van der Waals surface area contributed by atoms with Crippen molar-refractivity contribution in [3.8, 4) is 11.4 Å². The predicted molar refractivity (Wildman–Crippen MR) is 95.9 cm³/mol. The van der Waals surface area contributed by atoms with Crippen molar-refractivity contribution in [3.63, 3.8) is 0 Å². The van der Waals surface area contributed by atoms with Crippen LogP contribution >= 0.6 is 31.9 Å². The van der Waals surface area contributed by atoms with Crippen LogP contribution in [0.4, 0.5) is 5.82 Å². The molecule has 21 heavy (non-hydrogen) atoms. The van der Waals surface area contributed by atoms with Gasteiger partial charge in [0.05, 0.1) is 10.2 Å². The van der Waals surface area contributed by atoms with E-state index in [2.05, 4.69) is 75.9 Å². The zero-order valence-electron chi connectivity index (χ0n) is 12.7. The van der Waals surface area contributed by atoms with E-state index >= 15 is 0 Å². The van der Waals surface area contributed by atoms with Gasteiger partial charge in [-0.05, 0) is 53.4 Å². The lowest BCUT2D eigenvalue weighted by molar-refractivity contribution is 0.809. The number of nitrogens with one attached hydrogen (secondary N) is 1. The summed E-state index contributed by atoms with van der Waals surface area (Å²) >= 11 is 7.15. The van der Waals surface area contributed by atoms with E-state index in [1.54, 1.807) is 0 Å². The van der Waals surface area contributed by atoms with E-state index in [0.717, 1.165) is 38.4 Å². The Kier molecular flexibility index (Phi) is 5.38. The Labute approximate surface area is 142 Å². The summed E-state index contributed by atoms with van der Waals surface area (Å²) in [5, 5.41) is 3.30. The molecule has 0 fully saturated rings. The van der Waals surface area contributed by atoms with Crippen LogP contribution in [0.5, 0.6) is 0 Å². The Morgan fingerprint density at radius 2 is 1.90 bits per heavy atom. The van der Waals surface area contributed by atoms with Crippen molar-refractivity contribution in [3.05, 3.63) is 38.4 Å². The second-order valence-corrected chi connectivity index (χ2v) is 6.89. The summed E-state index contributed by atoms with van der Waals surface area (Å²) in [6.07, 6.45) is 0. The predicted octanol–water partition coefficient (Wildman–Crippen LogP) is 5.53. The molecule has 1 N–H and O–H groups in total. The number of hydrogen-bond acceptors (Lipinski definition) is 3. The molecule has 0 saturated carbocycles. The lowest BCUT2D eigenvalue weighted by Crippen LogP contribution is -2.07. The number of rotatable bonds is 4. The van der Waals surface area contributed by atoms with Crippen LogP contribution in [0, 0.1) is 6.92 Å². The number of halogens is 2. The highest BCUT2D eigenvalue weighted by atomic mass is 79.9. The molecule has 0 aliphatic heterocycles. The van der Waals surface area contributed by atoms with Gasteiger partial charge in [-0.1, -0.05) is 35.8 Å². The van der Waals surface area contributed by atoms with Gasteiger partial charge >= 0.3 is 0 Å². The summed E-state index contributed by atoms with van der Waals surface area (Å²) in [5.74, 6) is 1.94. The van der Waals surface area contributed by atoms with Crippen LogP contribution in [0.25, 0.3) is 11.4 Å². The normalized spacial score (nSPS) is 11.0. The van der Waals surface area contributed by atoms with Gasteiger partial charge in [-0.15, -0.1) is 0 Å². The topological polar surface area (TPSA) is 37.8 Å². The van der Waals surface area contributed by atoms with Crippen molar-refractivity contribution >= 4 is 37.7 Å². The minimum Gasteiger partial charge on any atom is -0.369 e. The lowest BCUT2D eigenvalue weighted by Gasteiger charge is -2.14. The zero-order valence-corrected chi connectivity index (χ0v) is 15.8. The van der Waals surface area contributed by atoms with Gasteiger partial charge in [0.15, 0.2) is 5.82 Å². The van der Waals surface area contributed by atoms with Crippen molar-refractivity contribution in [2.45, 2.75) is 33.6 Å². The molecule has 0 amide bonds. The number of aromatic nitrogens is 2.